The predicted octanol–water partition coefficient (Wildman–Crippen LogP) is 6.80. The van der Waals surface area contributed by atoms with Gasteiger partial charge in [-0.15, -0.1) is 0 Å². The van der Waals surface area contributed by atoms with Gasteiger partial charge in [0.15, 0.2) is 0 Å². The Morgan fingerprint density at radius 3 is 2.73 bits per heavy atom. The molecule has 0 bridgehead atoms. The minimum atomic E-state index is -0.283. The van der Waals surface area contributed by atoms with Crippen LogP contribution in [0.25, 0.3) is 17.3 Å². The number of anilines is 2. The van der Waals surface area contributed by atoms with Crippen LogP contribution in [0.3, 0.4) is 0 Å². The highest BCUT2D eigenvalue weighted by Crippen LogP contribution is 2.31. The van der Waals surface area contributed by atoms with Crippen LogP contribution in [0.5, 0.6) is 0 Å². The van der Waals surface area contributed by atoms with Crippen molar-refractivity contribution in [2.45, 2.75) is 52.9 Å². The van der Waals surface area contributed by atoms with Crippen molar-refractivity contribution in [3.8, 4) is 11.3 Å². The van der Waals surface area contributed by atoms with E-state index in [4.69, 9.17) is 14.8 Å². The molecule has 2 aromatic heterocycles. The number of aromatic nitrogens is 3. The van der Waals surface area contributed by atoms with Crippen LogP contribution in [-0.2, 0) is 4.79 Å². The second-order valence-corrected chi connectivity index (χ2v) is 9.62. The SMILES string of the molecule is CC=O.CCC(C)/C=C\c1cncc(-c2cc(Nc3cccc(F)c3)nc(C3CCCN(C)C3)n2)c1C. The monoisotopic (exact) mass is 503 g/mol. The van der Waals surface area contributed by atoms with Crippen LogP contribution in [0.4, 0.5) is 15.9 Å². The van der Waals surface area contributed by atoms with Crippen molar-refractivity contribution < 1.29 is 9.18 Å². The van der Waals surface area contributed by atoms with Gasteiger partial charge in [0.1, 0.15) is 23.7 Å². The zero-order valence-corrected chi connectivity index (χ0v) is 22.5. The molecule has 6 nitrogen and oxygen atoms in total. The highest BCUT2D eigenvalue weighted by atomic mass is 19.1. The molecule has 7 heteroatoms. The van der Waals surface area contributed by atoms with E-state index in [-0.39, 0.29) is 11.7 Å². The highest BCUT2D eigenvalue weighted by molar-refractivity contribution is 5.71. The summed E-state index contributed by atoms with van der Waals surface area (Å²) in [5.41, 5.74) is 4.71. The molecule has 1 aromatic carbocycles. The minimum Gasteiger partial charge on any atom is -0.340 e. The van der Waals surface area contributed by atoms with E-state index in [1.54, 1.807) is 6.07 Å². The second kappa shape index (κ2) is 13.7. The molecule has 0 amide bonds. The van der Waals surface area contributed by atoms with Crippen LogP contribution < -0.4 is 5.32 Å². The molecule has 1 N–H and O–H groups in total. The van der Waals surface area contributed by atoms with E-state index in [9.17, 15) is 4.39 Å². The maximum Gasteiger partial charge on any atom is 0.135 e. The van der Waals surface area contributed by atoms with E-state index in [1.807, 2.05) is 24.5 Å². The van der Waals surface area contributed by atoms with Crippen molar-refractivity contribution in [1.29, 1.82) is 0 Å². The smallest absolute Gasteiger partial charge is 0.135 e. The van der Waals surface area contributed by atoms with Crippen LogP contribution in [-0.4, -0.2) is 46.3 Å². The van der Waals surface area contributed by atoms with E-state index in [0.29, 0.717) is 17.4 Å². The molecule has 1 aliphatic heterocycles. The molecule has 1 aliphatic rings. The van der Waals surface area contributed by atoms with E-state index in [1.165, 1.54) is 19.1 Å². The fraction of sp³-hybridized carbons (Fsp3) is 0.400. The third-order valence-corrected chi connectivity index (χ3v) is 6.61. The fourth-order valence-corrected chi connectivity index (χ4v) is 4.31. The zero-order valence-electron chi connectivity index (χ0n) is 22.5. The molecule has 1 saturated heterocycles. The first kappa shape index (κ1) is 28.1. The van der Waals surface area contributed by atoms with Crippen LogP contribution >= 0.6 is 0 Å². The molecule has 0 aliphatic carbocycles. The molecule has 4 rings (SSSR count). The number of aldehydes is 1. The molecule has 3 heterocycles. The molecule has 2 unspecified atom stereocenters. The number of nitrogens with zero attached hydrogens (tertiary/aromatic N) is 4. The zero-order chi connectivity index (χ0) is 26.8. The van der Waals surface area contributed by atoms with Crippen LogP contribution in [0.1, 0.15) is 62.9 Å². The van der Waals surface area contributed by atoms with Gasteiger partial charge < -0.3 is 15.0 Å². The predicted molar refractivity (Wildman–Crippen MR) is 149 cm³/mol. The van der Waals surface area contributed by atoms with Crippen molar-refractivity contribution in [1.82, 2.24) is 19.9 Å². The lowest BCUT2D eigenvalue weighted by atomic mass is 9.97. The number of rotatable bonds is 7. The Morgan fingerprint density at radius 2 is 2.03 bits per heavy atom. The number of likely N-dealkylation sites (tertiary alicyclic amines) is 1. The summed E-state index contributed by atoms with van der Waals surface area (Å²) in [6.07, 6.45) is 12.2. The van der Waals surface area contributed by atoms with Crippen LogP contribution in [0.15, 0.2) is 48.8 Å². The van der Waals surface area contributed by atoms with E-state index < -0.39 is 0 Å². The Labute approximate surface area is 220 Å². The lowest BCUT2D eigenvalue weighted by Gasteiger charge is -2.29. The third kappa shape index (κ3) is 8.02. The average Bonchev–Trinajstić information content (AvgIpc) is 2.88. The Balaban J connectivity index is 0.00000121. The quantitative estimate of drug-likeness (QED) is 0.357. The summed E-state index contributed by atoms with van der Waals surface area (Å²) in [7, 11) is 2.14. The number of nitrogens with one attached hydrogen (secondary N) is 1. The maximum absolute atomic E-state index is 13.8. The van der Waals surface area contributed by atoms with Crippen LogP contribution in [0, 0.1) is 18.7 Å². The highest BCUT2D eigenvalue weighted by Gasteiger charge is 2.23. The molecular formula is C30H38FN5O. The van der Waals surface area contributed by atoms with Gasteiger partial charge in [-0.2, -0.15) is 0 Å². The van der Waals surface area contributed by atoms with Gasteiger partial charge in [0, 0.05) is 42.2 Å². The third-order valence-electron chi connectivity index (χ3n) is 6.61. The molecule has 3 aromatic rings. The van der Waals surface area contributed by atoms with Gasteiger partial charge in [-0.05, 0) is 75.5 Å². The molecule has 196 valence electrons. The van der Waals surface area contributed by atoms with Crippen molar-refractivity contribution in [3.05, 3.63) is 71.6 Å². The number of carbonyl (C=O) groups is 1. The van der Waals surface area contributed by atoms with Crippen LogP contribution in [0.2, 0.25) is 0 Å². The van der Waals surface area contributed by atoms with Gasteiger partial charge in [0.2, 0.25) is 0 Å². The lowest BCUT2D eigenvalue weighted by molar-refractivity contribution is -0.106. The Bertz CT molecular complexity index is 1210. The van der Waals surface area contributed by atoms with Gasteiger partial charge >= 0.3 is 0 Å². The van der Waals surface area contributed by atoms with E-state index in [0.717, 1.165) is 66.8 Å². The summed E-state index contributed by atoms with van der Waals surface area (Å²) >= 11 is 0. The maximum atomic E-state index is 13.8. The summed E-state index contributed by atoms with van der Waals surface area (Å²) in [5.74, 6) is 1.98. The lowest BCUT2D eigenvalue weighted by Crippen LogP contribution is -2.31. The molecule has 2 atom stereocenters. The van der Waals surface area contributed by atoms with E-state index >= 15 is 0 Å². The number of pyridine rings is 1. The summed E-state index contributed by atoms with van der Waals surface area (Å²) in [4.78, 5) is 25.5. The van der Waals surface area contributed by atoms with Crippen molar-refractivity contribution in [2.24, 2.45) is 5.92 Å². The summed E-state index contributed by atoms with van der Waals surface area (Å²) in [6, 6.07) is 8.38. The number of hydrogen-bond donors (Lipinski definition) is 1. The number of hydrogen-bond acceptors (Lipinski definition) is 6. The Hall–Kier alpha value is -3.45. The first-order valence-electron chi connectivity index (χ1n) is 13.0. The number of benzene rings is 1. The fourth-order valence-electron chi connectivity index (χ4n) is 4.31. The summed E-state index contributed by atoms with van der Waals surface area (Å²) < 4.78 is 13.8. The standard InChI is InChI=1S/C28H34FN5.C2H4O/c1-5-19(2)11-12-21-16-30-17-25(20(21)3)26-15-27(31-24-10-6-9-23(29)14-24)33-28(32-26)22-8-7-13-34(4)18-22;1-2-3/h6,9-12,14-17,19,22H,5,7-8,13,18H2,1-4H3,(H,31,32,33);2H,1H3/b12-11-;. The van der Waals surface area contributed by atoms with Gasteiger partial charge in [-0.3, -0.25) is 4.98 Å². The summed E-state index contributed by atoms with van der Waals surface area (Å²) in [6.45, 7) is 9.99. The molecule has 1 fully saturated rings. The molecule has 0 radical (unpaired) electrons. The number of likely N-dealkylation sites (N-methyl/N-ethyl adjacent to an activating group) is 1. The topological polar surface area (TPSA) is 71.0 Å². The first-order chi connectivity index (χ1) is 17.8. The van der Waals surface area contributed by atoms with Gasteiger partial charge in [0.05, 0.1) is 5.69 Å². The average molecular weight is 504 g/mol. The second-order valence-electron chi connectivity index (χ2n) is 9.62. The van der Waals surface area contributed by atoms with Crippen molar-refractivity contribution in [2.75, 3.05) is 25.5 Å². The van der Waals surface area contributed by atoms with Gasteiger partial charge in [0.25, 0.3) is 0 Å². The number of carbonyl (C=O) groups excluding carboxylic acids is 1. The van der Waals surface area contributed by atoms with Gasteiger partial charge in [-0.25, -0.2) is 14.4 Å². The first-order valence-corrected chi connectivity index (χ1v) is 13.0. The van der Waals surface area contributed by atoms with E-state index in [2.05, 4.69) is 55.2 Å². The van der Waals surface area contributed by atoms with Gasteiger partial charge in [-0.1, -0.05) is 38.5 Å². The normalized spacial score (nSPS) is 16.6. The Kier molecular flexibility index (Phi) is 10.4. The molecular weight excluding hydrogens is 465 g/mol. The number of allylic oxidation sites excluding steroid dienone is 1. The molecule has 0 saturated carbocycles. The molecule has 37 heavy (non-hydrogen) atoms. The minimum absolute atomic E-state index is 0.258. The number of halogens is 1. The van der Waals surface area contributed by atoms with Crippen molar-refractivity contribution in [3.63, 3.8) is 0 Å². The van der Waals surface area contributed by atoms with Crippen molar-refractivity contribution >= 4 is 23.9 Å². The summed E-state index contributed by atoms with van der Waals surface area (Å²) in [5, 5.41) is 3.29. The molecule has 0 spiro atoms. The Morgan fingerprint density at radius 1 is 1.24 bits per heavy atom. The largest absolute Gasteiger partial charge is 0.340 e. The number of piperidine rings is 1.